The highest BCUT2D eigenvalue weighted by Crippen LogP contribution is 2.32. The number of benzene rings is 1. The van der Waals surface area contributed by atoms with Crippen LogP contribution < -0.4 is 0 Å². The van der Waals surface area contributed by atoms with Gasteiger partial charge >= 0.3 is 6.18 Å². The van der Waals surface area contributed by atoms with Gasteiger partial charge in [0, 0.05) is 17.7 Å². The van der Waals surface area contributed by atoms with Crippen LogP contribution in [0.15, 0.2) is 27.5 Å². The average Bonchev–Trinajstić information content (AvgIpc) is 2.24. The lowest BCUT2D eigenvalue weighted by Crippen LogP contribution is -2.11. The summed E-state index contributed by atoms with van der Waals surface area (Å²) >= 11 is 1.63. The Bertz CT molecular complexity index is 597. The molecular formula is C10H10F3IN2O2S. The smallest absolute Gasteiger partial charge is 0.368 e. The van der Waals surface area contributed by atoms with E-state index in [1.807, 2.05) is 0 Å². The molecule has 0 aliphatic carbocycles. The monoisotopic (exact) mass is 406 g/mol. The van der Waals surface area contributed by atoms with Crippen LogP contribution in [-0.2, 0) is 16.2 Å². The fraction of sp³-hybridized carbons (Fsp3) is 0.300. The van der Waals surface area contributed by atoms with E-state index in [9.17, 15) is 21.6 Å². The van der Waals surface area contributed by atoms with E-state index in [-0.39, 0.29) is 3.57 Å². The second-order valence-electron chi connectivity index (χ2n) is 3.83. The van der Waals surface area contributed by atoms with Crippen LogP contribution in [0.1, 0.15) is 5.56 Å². The van der Waals surface area contributed by atoms with E-state index in [2.05, 4.69) is 4.40 Å². The summed E-state index contributed by atoms with van der Waals surface area (Å²) in [5.74, 6) is 0. The zero-order valence-electron chi connectivity index (χ0n) is 9.94. The topological polar surface area (TPSA) is 49.7 Å². The number of hydrogen-bond donors (Lipinski definition) is 0. The Morgan fingerprint density at radius 2 is 1.84 bits per heavy atom. The molecule has 0 aromatic heterocycles. The Kier molecular flexibility index (Phi) is 4.82. The van der Waals surface area contributed by atoms with Crippen LogP contribution >= 0.6 is 22.6 Å². The molecule has 1 aromatic rings. The molecular weight excluding hydrogens is 396 g/mol. The largest absolute Gasteiger partial charge is 0.416 e. The van der Waals surface area contributed by atoms with Crippen molar-refractivity contribution in [3.63, 3.8) is 0 Å². The molecule has 0 unspecified atom stereocenters. The minimum Gasteiger partial charge on any atom is -0.368 e. The summed E-state index contributed by atoms with van der Waals surface area (Å²) in [6.07, 6.45) is -3.58. The van der Waals surface area contributed by atoms with E-state index in [1.54, 1.807) is 36.7 Å². The molecule has 0 spiro atoms. The van der Waals surface area contributed by atoms with Crippen LogP contribution in [-0.4, -0.2) is 33.8 Å². The van der Waals surface area contributed by atoms with Crippen LogP contribution in [0.2, 0.25) is 0 Å². The van der Waals surface area contributed by atoms with Gasteiger partial charge in [-0.1, -0.05) is 0 Å². The Morgan fingerprint density at radius 1 is 1.26 bits per heavy atom. The Labute approximate surface area is 122 Å². The summed E-state index contributed by atoms with van der Waals surface area (Å²) in [7, 11) is -1.04. The van der Waals surface area contributed by atoms with Gasteiger partial charge in [0.05, 0.1) is 10.5 Å². The molecule has 0 fully saturated rings. The summed E-state index contributed by atoms with van der Waals surface area (Å²) in [6, 6.07) is 2.58. The zero-order chi connectivity index (χ0) is 14.8. The lowest BCUT2D eigenvalue weighted by molar-refractivity contribution is -0.137. The van der Waals surface area contributed by atoms with Gasteiger partial charge in [0.2, 0.25) is 0 Å². The highest BCUT2D eigenvalue weighted by molar-refractivity contribution is 14.1. The lowest BCUT2D eigenvalue weighted by Gasteiger charge is -2.09. The molecule has 19 heavy (non-hydrogen) atoms. The molecule has 0 amide bonds. The SMILES string of the molecule is CN(C)C=NS(=O)(=O)c1cc(I)cc(C(F)(F)F)c1. The predicted molar refractivity (Wildman–Crippen MR) is 73.5 cm³/mol. The molecule has 4 nitrogen and oxygen atoms in total. The van der Waals surface area contributed by atoms with Gasteiger partial charge in [-0.15, -0.1) is 4.40 Å². The van der Waals surface area contributed by atoms with Crippen molar-refractivity contribution in [2.45, 2.75) is 11.1 Å². The second kappa shape index (κ2) is 5.65. The molecule has 1 aromatic carbocycles. The quantitative estimate of drug-likeness (QED) is 0.441. The maximum atomic E-state index is 12.6. The van der Waals surface area contributed by atoms with Crippen LogP contribution in [0.4, 0.5) is 13.2 Å². The molecule has 1 rings (SSSR count). The molecule has 0 saturated heterocycles. The molecule has 0 heterocycles. The molecule has 0 N–H and O–H groups in total. The summed E-state index contributed by atoms with van der Waals surface area (Å²) in [5, 5.41) is 0. The van der Waals surface area contributed by atoms with Crippen molar-refractivity contribution in [2.75, 3.05) is 14.1 Å². The summed E-state index contributed by atoms with van der Waals surface area (Å²) in [6.45, 7) is 0. The van der Waals surface area contributed by atoms with Gasteiger partial charge in [-0.2, -0.15) is 21.6 Å². The predicted octanol–water partition coefficient (Wildman–Crippen LogP) is 2.59. The van der Waals surface area contributed by atoms with Crippen LogP contribution in [0.25, 0.3) is 0 Å². The van der Waals surface area contributed by atoms with Crippen LogP contribution in [0.3, 0.4) is 0 Å². The van der Waals surface area contributed by atoms with Crippen molar-refractivity contribution in [3.05, 3.63) is 27.3 Å². The fourth-order valence-corrected chi connectivity index (χ4v) is 2.96. The van der Waals surface area contributed by atoms with Crippen molar-refractivity contribution < 1.29 is 21.6 Å². The van der Waals surface area contributed by atoms with E-state index < -0.39 is 26.7 Å². The average molecular weight is 406 g/mol. The van der Waals surface area contributed by atoms with Crippen molar-refractivity contribution in [2.24, 2.45) is 4.40 Å². The number of nitrogens with zero attached hydrogens (tertiary/aromatic N) is 2. The second-order valence-corrected chi connectivity index (χ2v) is 6.71. The molecule has 9 heteroatoms. The zero-order valence-corrected chi connectivity index (χ0v) is 12.9. The van der Waals surface area contributed by atoms with Gasteiger partial charge in [0.25, 0.3) is 10.0 Å². The Hall–Kier alpha value is -0.840. The van der Waals surface area contributed by atoms with E-state index in [0.29, 0.717) is 6.07 Å². The van der Waals surface area contributed by atoms with Crippen molar-refractivity contribution in [1.82, 2.24) is 4.90 Å². The van der Waals surface area contributed by atoms with Crippen molar-refractivity contribution in [1.29, 1.82) is 0 Å². The van der Waals surface area contributed by atoms with Gasteiger partial charge in [0.15, 0.2) is 0 Å². The maximum absolute atomic E-state index is 12.6. The Balaban J connectivity index is 3.33. The number of alkyl halides is 3. The molecule has 0 aliphatic rings. The molecule has 0 radical (unpaired) electrons. The summed E-state index contributed by atoms with van der Waals surface area (Å²) in [5.41, 5.74) is -1.02. The molecule has 0 saturated carbocycles. The lowest BCUT2D eigenvalue weighted by atomic mass is 10.2. The Morgan fingerprint density at radius 3 is 2.32 bits per heavy atom. The first-order valence-corrected chi connectivity index (χ1v) is 7.39. The molecule has 0 aliphatic heterocycles. The van der Waals surface area contributed by atoms with Crippen LogP contribution in [0.5, 0.6) is 0 Å². The van der Waals surface area contributed by atoms with Gasteiger partial charge < -0.3 is 4.90 Å². The molecule has 0 bridgehead atoms. The third-order valence-electron chi connectivity index (χ3n) is 1.91. The first kappa shape index (κ1) is 16.2. The summed E-state index contributed by atoms with van der Waals surface area (Å²) in [4.78, 5) is 0.890. The number of rotatable bonds is 3. The number of halogens is 4. The van der Waals surface area contributed by atoms with Gasteiger partial charge in [-0.25, -0.2) is 0 Å². The number of sulfonamides is 1. The minimum absolute atomic E-state index is 0.172. The highest BCUT2D eigenvalue weighted by atomic mass is 127. The van der Waals surface area contributed by atoms with Crippen LogP contribution in [0, 0.1) is 3.57 Å². The van der Waals surface area contributed by atoms with E-state index >= 15 is 0 Å². The molecule has 0 atom stereocenters. The van der Waals surface area contributed by atoms with Gasteiger partial charge in [-0.05, 0) is 40.8 Å². The maximum Gasteiger partial charge on any atom is 0.416 e. The van der Waals surface area contributed by atoms with Crippen molar-refractivity contribution >= 4 is 39.0 Å². The first-order chi connectivity index (χ1) is 8.52. The first-order valence-electron chi connectivity index (χ1n) is 4.87. The minimum atomic E-state index is -4.60. The third kappa shape index (κ3) is 4.64. The highest BCUT2D eigenvalue weighted by Gasteiger charge is 2.32. The van der Waals surface area contributed by atoms with E-state index in [0.717, 1.165) is 18.5 Å². The normalized spacial score (nSPS) is 12.9. The standard InChI is InChI=1S/C10H10F3IN2O2S/c1-16(2)6-15-19(17,18)9-4-7(10(11,12)13)3-8(14)5-9/h3-6H,1-2H3. The number of hydrogen-bond acceptors (Lipinski definition) is 2. The van der Waals surface area contributed by atoms with Gasteiger partial charge in [-0.3, -0.25) is 0 Å². The fourth-order valence-electron chi connectivity index (χ4n) is 1.09. The van der Waals surface area contributed by atoms with E-state index in [4.69, 9.17) is 0 Å². The van der Waals surface area contributed by atoms with Crippen molar-refractivity contribution in [3.8, 4) is 0 Å². The van der Waals surface area contributed by atoms with E-state index in [1.165, 1.54) is 4.90 Å². The summed E-state index contributed by atoms with van der Waals surface area (Å²) < 4.78 is 64.8. The third-order valence-corrected chi connectivity index (χ3v) is 3.74. The molecule has 106 valence electrons. The van der Waals surface area contributed by atoms with Gasteiger partial charge in [0.1, 0.15) is 6.34 Å².